The number of allylic oxidation sites excluding steroid dienone is 1. The molecule has 1 aromatic rings. The molecular weight excluding hydrogens is 516 g/mol. The van der Waals surface area contributed by atoms with Gasteiger partial charge in [0.15, 0.2) is 0 Å². The molecular formula is C39H56O3. The standard InChI is InChI=1S/C39H56O3/c1-26(2)28-17-22-39(25-42-33(41)16-13-27-11-9-8-10-12-27)24-23-37(6)29(34(28)39)14-15-31-36(5)20-19-32(40)35(3,4)30(36)18-21-38(31,37)7/h8-13,16,28-32,34,40H,1,14-15,17-25H2,2-7H3/t28-,29-,30-,31-,32+,34-,36+,37+,38-,39-/m1/s1. The number of fused-ring (bicyclic) bond motifs is 7. The maximum Gasteiger partial charge on any atom is 0.330 e. The van der Waals surface area contributed by atoms with Gasteiger partial charge in [0.05, 0.1) is 12.7 Å². The Morgan fingerprint density at radius 3 is 2.36 bits per heavy atom. The number of esters is 1. The average molecular weight is 573 g/mol. The van der Waals surface area contributed by atoms with Crippen molar-refractivity contribution in [3.63, 3.8) is 0 Å². The lowest BCUT2D eigenvalue weighted by molar-refractivity contribution is -0.249. The van der Waals surface area contributed by atoms with E-state index in [1.165, 1.54) is 44.1 Å². The number of aliphatic hydroxyl groups excluding tert-OH is 1. The predicted octanol–water partition coefficient (Wildman–Crippen LogP) is 9.26. The third kappa shape index (κ3) is 4.33. The van der Waals surface area contributed by atoms with Crippen LogP contribution in [0.4, 0.5) is 0 Å². The molecule has 5 saturated carbocycles. The van der Waals surface area contributed by atoms with Crippen LogP contribution >= 0.6 is 0 Å². The molecule has 0 aromatic heterocycles. The molecule has 1 N–H and O–H groups in total. The van der Waals surface area contributed by atoms with Gasteiger partial charge in [-0.3, -0.25) is 0 Å². The lowest BCUT2D eigenvalue weighted by Crippen LogP contribution is -2.66. The molecule has 42 heavy (non-hydrogen) atoms. The van der Waals surface area contributed by atoms with E-state index in [-0.39, 0.29) is 28.3 Å². The molecule has 10 atom stereocenters. The van der Waals surface area contributed by atoms with Crippen molar-refractivity contribution < 1.29 is 14.6 Å². The minimum atomic E-state index is -0.219. The summed E-state index contributed by atoms with van der Waals surface area (Å²) in [5.74, 6) is 2.76. The molecule has 0 heterocycles. The van der Waals surface area contributed by atoms with E-state index in [4.69, 9.17) is 4.74 Å². The van der Waals surface area contributed by atoms with Crippen LogP contribution in [0.5, 0.6) is 0 Å². The van der Waals surface area contributed by atoms with Crippen LogP contribution in [0, 0.1) is 56.7 Å². The Hall–Kier alpha value is -1.87. The van der Waals surface area contributed by atoms with E-state index in [9.17, 15) is 9.90 Å². The van der Waals surface area contributed by atoms with Gasteiger partial charge in [-0.05, 0) is 134 Å². The monoisotopic (exact) mass is 572 g/mol. The van der Waals surface area contributed by atoms with E-state index in [0.29, 0.717) is 47.0 Å². The quantitative estimate of drug-likeness (QED) is 0.217. The van der Waals surface area contributed by atoms with Gasteiger partial charge in [0.1, 0.15) is 0 Å². The summed E-state index contributed by atoms with van der Waals surface area (Å²) in [7, 11) is 0. The SMILES string of the molecule is C=C(C)[C@H]1CC[C@]2(COC(=O)C=Cc3ccccc3)CC[C@@]3(C)[C@H](CC[C@@H]4[C@@]5(C)CC[C@H](O)C(C)(C)[C@H]5CC[C@]43C)[C@@H]12. The molecule has 1 aromatic carbocycles. The Balaban J connectivity index is 1.27. The normalized spacial score (nSPS) is 45.8. The summed E-state index contributed by atoms with van der Waals surface area (Å²) in [5, 5.41) is 11.0. The highest BCUT2D eigenvalue weighted by molar-refractivity contribution is 5.87. The van der Waals surface area contributed by atoms with Crippen molar-refractivity contribution >= 4 is 12.0 Å². The summed E-state index contributed by atoms with van der Waals surface area (Å²) in [6.45, 7) is 20.0. The first-order chi connectivity index (χ1) is 19.8. The van der Waals surface area contributed by atoms with Crippen LogP contribution in [-0.2, 0) is 9.53 Å². The first-order valence-electron chi connectivity index (χ1n) is 17.0. The summed E-state index contributed by atoms with van der Waals surface area (Å²) < 4.78 is 6.12. The molecule has 0 amide bonds. The molecule has 0 saturated heterocycles. The van der Waals surface area contributed by atoms with Crippen molar-refractivity contribution in [2.24, 2.45) is 56.7 Å². The van der Waals surface area contributed by atoms with Gasteiger partial charge < -0.3 is 9.84 Å². The number of hydrogen-bond acceptors (Lipinski definition) is 3. The van der Waals surface area contributed by atoms with E-state index in [1.54, 1.807) is 6.08 Å². The Bertz CT molecular complexity index is 1230. The van der Waals surface area contributed by atoms with Crippen LogP contribution in [0.1, 0.15) is 111 Å². The van der Waals surface area contributed by atoms with E-state index in [1.807, 2.05) is 36.4 Å². The van der Waals surface area contributed by atoms with Crippen molar-refractivity contribution in [2.45, 2.75) is 112 Å². The minimum Gasteiger partial charge on any atom is -0.462 e. The fourth-order valence-corrected chi connectivity index (χ4v) is 12.5. The molecule has 3 nitrogen and oxygen atoms in total. The van der Waals surface area contributed by atoms with Crippen molar-refractivity contribution in [1.29, 1.82) is 0 Å². The number of carbonyl (C=O) groups is 1. The summed E-state index contributed by atoms with van der Waals surface area (Å²) in [5.41, 5.74) is 3.26. The van der Waals surface area contributed by atoms with Crippen LogP contribution in [0.2, 0.25) is 0 Å². The zero-order valence-electron chi connectivity index (χ0n) is 27.3. The molecule has 5 fully saturated rings. The van der Waals surface area contributed by atoms with E-state index >= 15 is 0 Å². The Morgan fingerprint density at radius 2 is 1.64 bits per heavy atom. The second kappa shape index (κ2) is 10.4. The lowest BCUT2D eigenvalue weighted by Gasteiger charge is -2.73. The highest BCUT2D eigenvalue weighted by Crippen LogP contribution is 2.77. The molecule has 3 heteroatoms. The van der Waals surface area contributed by atoms with Crippen LogP contribution in [0.25, 0.3) is 6.08 Å². The maximum atomic E-state index is 12.9. The molecule has 5 aliphatic rings. The topological polar surface area (TPSA) is 46.5 Å². The average Bonchev–Trinajstić information content (AvgIpc) is 3.34. The molecule has 5 aliphatic carbocycles. The van der Waals surface area contributed by atoms with E-state index in [0.717, 1.165) is 31.2 Å². The second-order valence-electron chi connectivity index (χ2n) is 16.8. The van der Waals surface area contributed by atoms with Crippen LogP contribution in [0.3, 0.4) is 0 Å². The number of rotatable bonds is 5. The van der Waals surface area contributed by atoms with Crippen LogP contribution < -0.4 is 0 Å². The van der Waals surface area contributed by atoms with Gasteiger partial charge in [-0.25, -0.2) is 4.79 Å². The van der Waals surface area contributed by atoms with Crippen molar-refractivity contribution in [1.82, 2.24) is 0 Å². The molecule has 0 aliphatic heterocycles. The van der Waals surface area contributed by atoms with Gasteiger partial charge in [0, 0.05) is 11.5 Å². The number of ether oxygens (including phenoxy) is 1. The third-order valence-electron chi connectivity index (χ3n) is 14.9. The summed E-state index contributed by atoms with van der Waals surface area (Å²) in [6.07, 6.45) is 15.2. The number of aliphatic hydroxyl groups is 1. The highest BCUT2D eigenvalue weighted by atomic mass is 16.5. The van der Waals surface area contributed by atoms with Gasteiger partial charge in [0.25, 0.3) is 0 Å². The van der Waals surface area contributed by atoms with Crippen molar-refractivity contribution in [2.75, 3.05) is 6.61 Å². The van der Waals surface area contributed by atoms with Crippen LogP contribution in [0.15, 0.2) is 48.6 Å². The van der Waals surface area contributed by atoms with E-state index in [2.05, 4.69) is 48.1 Å². The first-order valence-corrected chi connectivity index (χ1v) is 17.0. The van der Waals surface area contributed by atoms with E-state index < -0.39 is 0 Å². The van der Waals surface area contributed by atoms with Gasteiger partial charge in [-0.2, -0.15) is 0 Å². The highest BCUT2D eigenvalue weighted by Gasteiger charge is 2.70. The maximum absolute atomic E-state index is 12.9. The molecule has 6 rings (SSSR count). The number of benzene rings is 1. The smallest absolute Gasteiger partial charge is 0.330 e. The van der Waals surface area contributed by atoms with Crippen LogP contribution in [-0.4, -0.2) is 23.8 Å². The number of hydrogen-bond donors (Lipinski definition) is 1. The van der Waals surface area contributed by atoms with Gasteiger partial charge in [0.2, 0.25) is 0 Å². The fourth-order valence-electron chi connectivity index (χ4n) is 12.5. The van der Waals surface area contributed by atoms with Gasteiger partial charge in [-0.15, -0.1) is 0 Å². The molecule has 0 bridgehead atoms. The molecule has 0 radical (unpaired) electrons. The summed E-state index contributed by atoms with van der Waals surface area (Å²) in [4.78, 5) is 12.9. The zero-order valence-corrected chi connectivity index (χ0v) is 27.3. The van der Waals surface area contributed by atoms with Gasteiger partial charge >= 0.3 is 5.97 Å². The largest absolute Gasteiger partial charge is 0.462 e. The second-order valence-corrected chi connectivity index (χ2v) is 16.8. The zero-order chi connectivity index (χ0) is 30.1. The molecule has 0 spiro atoms. The lowest BCUT2D eigenvalue weighted by atomic mass is 9.32. The Labute approximate surface area is 255 Å². The Kier molecular flexibility index (Phi) is 7.44. The fraction of sp³-hybridized carbons (Fsp3) is 0.718. The van der Waals surface area contributed by atoms with Crippen molar-refractivity contribution in [3.8, 4) is 0 Å². The first kappa shape index (κ1) is 30.2. The number of carbonyl (C=O) groups excluding carboxylic acids is 1. The Morgan fingerprint density at radius 1 is 0.905 bits per heavy atom. The van der Waals surface area contributed by atoms with Gasteiger partial charge in [-0.1, -0.05) is 77.1 Å². The third-order valence-corrected chi connectivity index (χ3v) is 14.9. The van der Waals surface area contributed by atoms with Crippen molar-refractivity contribution in [3.05, 3.63) is 54.1 Å². The predicted molar refractivity (Wildman–Crippen MR) is 171 cm³/mol. The minimum absolute atomic E-state index is 0.0108. The molecule has 0 unspecified atom stereocenters. The summed E-state index contributed by atoms with van der Waals surface area (Å²) in [6, 6.07) is 9.99. The summed E-state index contributed by atoms with van der Waals surface area (Å²) >= 11 is 0. The molecule has 230 valence electrons.